The molecule has 2 N–H and O–H groups in total. The summed E-state index contributed by atoms with van der Waals surface area (Å²) < 4.78 is 0. The van der Waals surface area contributed by atoms with Crippen LogP contribution in [0.1, 0.15) is 20.7 Å². The van der Waals surface area contributed by atoms with Gasteiger partial charge in [-0.1, -0.05) is 12.1 Å². The van der Waals surface area contributed by atoms with E-state index in [-0.39, 0.29) is 11.1 Å². The maximum atomic E-state index is 11.4. The van der Waals surface area contributed by atoms with Crippen LogP contribution in [0.25, 0.3) is 0 Å². The molecule has 0 fully saturated rings. The molecule has 0 bridgehead atoms. The number of aliphatic hydroxyl groups is 2. The van der Waals surface area contributed by atoms with Crippen LogP contribution in [0.4, 0.5) is 0 Å². The Morgan fingerprint density at radius 1 is 1.00 bits per heavy atom. The van der Waals surface area contributed by atoms with Gasteiger partial charge in [0.05, 0.1) is 11.1 Å². The molecule has 0 aromatic heterocycles. The second kappa shape index (κ2) is 2.90. The van der Waals surface area contributed by atoms with E-state index in [1.807, 2.05) is 0 Å². The number of benzene rings is 1. The van der Waals surface area contributed by atoms with Crippen LogP contribution < -0.4 is 0 Å². The fourth-order valence-corrected chi connectivity index (χ4v) is 1.42. The quantitative estimate of drug-likeness (QED) is 0.467. The molecule has 2 rings (SSSR count). The smallest absolute Gasteiger partial charge is 0.265 e. The number of hydrogen-bond acceptors (Lipinski definition) is 4. The molecule has 0 aliphatic carbocycles. The summed E-state index contributed by atoms with van der Waals surface area (Å²) in [6.45, 7) is 0. The molecule has 0 unspecified atom stereocenters. The first-order valence-electron chi connectivity index (χ1n) is 3.96. The molecule has 0 saturated carbocycles. The van der Waals surface area contributed by atoms with Crippen molar-refractivity contribution < 1.29 is 19.8 Å². The lowest BCUT2D eigenvalue weighted by Gasteiger charge is -2.14. The van der Waals surface area contributed by atoms with Crippen molar-refractivity contribution in [3.63, 3.8) is 0 Å². The SMILES string of the molecule is O=C1c2ccccc2C(=O)N1C(O)O. The van der Waals surface area contributed by atoms with Gasteiger partial charge in [0.15, 0.2) is 0 Å². The predicted molar refractivity (Wildman–Crippen MR) is 45.2 cm³/mol. The van der Waals surface area contributed by atoms with E-state index in [1.54, 1.807) is 12.1 Å². The first-order valence-corrected chi connectivity index (χ1v) is 3.96. The number of carbonyl (C=O) groups excluding carboxylic acids is 2. The number of carbonyl (C=O) groups is 2. The van der Waals surface area contributed by atoms with Gasteiger partial charge in [-0.3, -0.25) is 9.59 Å². The van der Waals surface area contributed by atoms with Crippen molar-refractivity contribution in [3.8, 4) is 0 Å². The van der Waals surface area contributed by atoms with Crippen LogP contribution in [0.5, 0.6) is 0 Å². The van der Waals surface area contributed by atoms with Gasteiger partial charge in [0.2, 0.25) is 6.41 Å². The Morgan fingerprint density at radius 2 is 1.43 bits per heavy atom. The summed E-state index contributed by atoms with van der Waals surface area (Å²) in [5.74, 6) is -1.36. The minimum atomic E-state index is -2.08. The van der Waals surface area contributed by atoms with Crippen LogP contribution in [0.15, 0.2) is 24.3 Å². The van der Waals surface area contributed by atoms with E-state index >= 15 is 0 Å². The lowest BCUT2D eigenvalue weighted by Crippen LogP contribution is -2.39. The van der Waals surface area contributed by atoms with Crippen molar-refractivity contribution in [1.82, 2.24) is 4.90 Å². The standard InChI is InChI=1S/C9H7NO4/c11-7-5-3-1-2-4-6(5)8(12)10(7)9(13)14/h1-4,9,13-14H. The fraction of sp³-hybridized carbons (Fsp3) is 0.111. The minimum Gasteiger partial charge on any atom is -0.351 e. The van der Waals surface area contributed by atoms with Gasteiger partial charge >= 0.3 is 0 Å². The average molecular weight is 193 g/mol. The fourth-order valence-electron chi connectivity index (χ4n) is 1.42. The van der Waals surface area contributed by atoms with Crippen molar-refractivity contribution in [1.29, 1.82) is 0 Å². The monoisotopic (exact) mass is 193 g/mol. The number of amides is 2. The Morgan fingerprint density at radius 3 is 1.79 bits per heavy atom. The van der Waals surface area contributed by atoms with Gasteiger partial charge in [-0.2, -0.15) is 0 Å². The molecule has 5 nitrogen and oxygen atoms in total. The highest BCUT2D eigenvalue weighted by atomic mass is 16.5. The van der Waals surface area contributed by atoms with Crippen molar-refractivity contribution in [2.45, 2.75) is 6.41 Å². The third kappa shape index (κ3) is 1.03. The summed E-state index contributed by atoms with van der Waals surface area (Å²) in [5.41, 5.74) is 0.399. The van der Waals surface area contributed by atoms with Crippen molar-refractivity contribution >= 4 is 11.8 Å². The molecule has 0 atom stereocenters. The normalized spacial score (nSPS) is 15.2. The molecule has 1 aromatic rings. The highest BCUT2D eigenvalue weighted by Crippen LogP contribution is 2.22. The average Bonchev–Trinajstić information content (AvgIpc) is 2.41. The van der Waals surface area contributed by atoms with E-state index in [0.29, 0.717) is 4.90 Å². The van der Waals surface area contributed by atoms with Crippen molar-refractivity contribution in [2.24, 2.45) is 0 Å². The van der Waals surface area contributed by atoms with Gasteiger partial charge < -0.3 is 10.2 Å². The maximum Gasteiger partial charge on any atom is 0.265 e. The third-order valence-electron chi connectivity index (χ3n) is 2.06. The molecule has 5 heteroatoms. The Labute approximate surface area is 79.2 Å². The van der Waals surface area contributed by atoms with E-state index in [9.17, 15) is 9.59 Å². The summed E-state index contributed by atoms with van der Waals surface area (Å²) in [6, 6.07) is 6.16. The zero-order valence-corrected chi connectivity index (χ0v) is 7.04. The Bertz CT molecular complexity index is 378. The van der Waals surface area contributed by atoms with Crippen LogP contribution >= 0.6 is 0 Å². The summed E-state index contributed by atoms with van der Waals surface area (Å²) in [6.07, 6.45) is -2.08. The summed E-state index contributed by atoms with van der Waals surface area (Å²) in [4.78, 5) is 23.3. The second-order valence-corrected chi connectivity index (χ2v) is 2.87. The molecule has 1 aliphatic heterocycles. The zero-order valence-electron chi connectivity index (χ0n) is 7.04. The van der Waals surface area contributed by atoms with Crippen LogP contribution in [-0.2, 0) is 0 Å². The number of fused-ring (bicyclic) bond motifs is 1. The summed E-state index contributed by atoms with van der Waals surface area (Å²) in [5, 5.41) is 17.6. The Balaban J connectivity index is 2.54. The molecule has 72 valence electrons. The zero-order chi connectivity index (χ0) is 10.3. The second-order valence-electron chi connectivity index (χ2n) is 2.87. The number of hydrogen-bond donors (Lipinski definition) is 2. The molecule has 1 aromatic carbocycles. The molecule has 0 spiro atoms. The van der Waals surface area contributed by atoms with Gasteiger partial charge in [-0.05, 0) is 12.1 Å². The number of aliphatic hydroxyl groups excluding tert-OH is 1. The molecule has 14 heavy (non-hydrogen) atoms. The summed E-state index contributed by atoms with van der Waals surface area (Å²) >= 11 is 0. The van der Waals surface area contributed by atoms with Crippen LogP contribution in [-0.4, -0.2) is 33.3 Å². The molecule has 1 heterocycles. The highest BCUT2D eigenvalue weighted by molar-refractivity contribution is 6.21. The van der Waals surface area contributed by atoms with Crippen molar-refractivity contribution in [3.05, 3.63) is 35.4 Å². The van der Waals surface area contributed by atoms with Gasteiger partial charge in [-0.15, -0.1) is 0 Å². The Hall–Kier alpha value is -1.72. The highest BCUT2D eigenvalue weighted by Gasteiger charge is 2.38. The molecular formula is C9H7NO4. The predicted octanol–water partition coefficient (Wildman–Crippen LogP) is -0.449. The Kier molecular flexibility index (Phi) is 1.83. The van der Waals surface area contributed by atoms with E-state index < -0.39 is 18.2 Å². The van der Waals surface area contributed by atoms with Crippen LogP contribution in [0, 0.1) is 0 Å². The molecule has 2 amide bonds. The molecule has 0 saturated heterocycles. The van der Waals surface area contributed by atoms with E-state index in [4.69, 9.17) is 10.2 Å². The first-order chi connectivity index (χ1) is 6.63. The minimum absolute atomic E-state index is 0.200. The number of rotatable bonds is 1. The summed E-state index contributed by atoms with van der Waals surface area (Å²) in [7, 11) is 0. The molecule has 1 aliphatic rings. The van der Waals surface area contributed by atoms with Gasteiger partial charge in [-0.25, -0.2) is 4.90 Å². The number of imide groups is 1. The van der Waals surface area contributed by atoms with Crippen LogP contribution in [0.2, 0.25) is 0 Å². The molecule has 0 radical (unpaired) electrons. The van der Waals surface area contributed by atoms with Gasteiger partial charge in [0.25, 0.3) is 11.8 Å². The largest absolute Gasteiger partial charge is 0.351 e. The van der Waals surface area contributed by atoms with Gasteiger partial charge in [0.1, 0.15) is 0 Å². The first kappa shape index (κ1) is 8.86. The van der Waals surface area contributed by atoms with Crippen LogP contribution in [0.3, 0.4) is 0 Å². The maximum absolute atomic E-state index is 11.4. The van der Waals surface area contributed by atoms with Gasteiger partial charge in [0, 0.05) is 0 Å². The van der Waals surface area contributed by atoms with E-state index in [2.05, 4.69) is 0 Å². The topological polar surface area (TPSA) is 77.8 Å². The lowest BCUT2D eigenvalue weighted by molar-refractivity contribution is -0.117. The third-order valence-corrected chi connectivity index (χ3v) is 2.06. The number of nitrogens with zero attached hydrogens (tertiary/aromatic N) is 1. The molecular weight excluding hydrogens is 186 g/mol. The van der Waals surface area contributed by atoms with E-state index in [0.717, 1.165) is 0 Å². The van der Waals surface area contributed by atoms with E-state index in [1.165, 1.54) is 12.1 Å². The van der Waals surface area contributed by atoms with Crippen molar-refractivity contribution in [2.75, 3.05) is 0 Å². The lowest BCUT2D eigenvalue weighted by atomic mass is 10.1.